The zero-order chi connectivity index (χ0) is 24.9. The number of likely N-dealkylation sites (tertiary alicyclic amines) is 1. The van der Waals surface area contributed by atoms with Gasteiger partial charge in [-0.05, 0) is 103 Å². The zero-order valence-corrected chi connectivity index (χ0v) is 21.9. The molecule has 1 amide bonds. The van der Waals surface area contributed by atoms with Gasteiger partial charge in [0.1, 0.15) is 11.6 Å². The van der Waals surface area contributed by atoms with E-state index >= 15 is 0 Å². The van der Waals surface area contributed by atoms with Gasteiger partial charge in [-0.3, -0.25) is 20.3 Å². The summed E-state index contributed by atoms with van der Waals surface area (Å²) in [5, 5.41) is 11.0. The van der Waals surface area contributed by atoms with E-state index in [1.54, 1.807) is 12.1 Å². The minimum absolute atomic E-state index is 0.0931. The van der Waals surface area contributed by atoms with Gasteiger partial charge in [0.15, 0.2) is 0 Å². The molecule has 6 nitrogen and oxygen atoms in total. The number of piperidine rings is 1. The van der Waals surface area contributed by atoms with E-state index in [9.17, 15) is 14.4 Å². The second-order valence-corrected chi connectivity index (χ2v) is 11.1. The largest absolute Gasteiger partial charge is 0.493 e. The van der Waals surface area contributed by atoms with Crippen molar-refractivity contribution in [3.63, 3.8) is 0 Å². The molecule has 0 radical (unpaired) electrons. The molecule has 1 saturated carbocycles. The van der Waals surface area contributed by atoms with Gasteiger partial charge in [-0.25, -0.2) is 4.39 Å². The van der Waals surface area contributed by atoms with Gasteiger partial charge >= 0.3 is 0 Å². The van der Waals surface area contributed by atoms with Crippen molar-refractivity contribution in [2.45, 2.75) is 45.1 Å². The summed E-state index contributed by atoms with van der Waals surface area (Å²) in [7, 11) is 0. The molecule has 2 fully saturated rings. The number of hydrogen-bond acceptors (Lipinski definition) is 6. The Bertz CT molecular complexity index is 1030. The molecule has 1 saturated heterocycles. The van der Waals surface area contributed by atoms with Crippen LogP contribution in [0, 0.1) is 11.7 Å². The Balaban J connectivity index is 1.33. The van der Waals surface area contributed by atoms with Gasteiger partial charge in [0.2, 0.25) is 0 Å². The molecule has 0 unspecified atom stereocenters. The Morgan fingerprint density at radius 1 is 1.17 bits per heavy atom. The van der Waals surface area contributed by atoms with Gasteiger partial charge in [-0.15, -0.1) is 0 Å². The molecular formula is C25H30Cl2FN3O3S. The van der Waals surface area contributed by atoms with Crippen molar-refractivity contribution in [2.24, 2.45) is 5.92 Å². The summed E-state index contributed by atoms with van der Waals surface area (Å²) in [5.74, 6) is 0.383. The third-order valence-electron chi connectivity index (χ3n) is 6.32. The van der Waals surface area contributed by atoms with Gasteiger partial charge in [0.05, 0.1) is 12.2 Å². The number of halogens is 3. The van der Waals surface area contributed by atoms with E-state index in [4.69, 9.17) is 27.9 Å². The maximum absolute atomic E-state index is 14.8. The maximum Gasteiger partial charge on any atom is 0.271 e. The van der Waals surface area contributed by atoms with E-state index in [1.807, 2.05) is 19.1 Å². The fourth-order valence-corrected chi connectivity index (χ4v) is 5.33. The molecule has 0 bridgehead atoms. The molecule has 2 aromatic carbocycles. The molecular weight excluding hydrogens is 512 g/mol. The smallest absolute Gasteiger partial charge is 0.271 e. The number of nitrogens with zero attached hydrogens (tertiary/aromatic N) is 2. The van der Waals surface area contributed by atoms with Crippen molar-refractivity contribution in [1.82, 2.24) is 14.9 Å². The lowest BCUT2D eigenvalue weighted by molar-refractivity contribution is -0.0246. The highest BCUT2D eigenvalue weighted by Crippen LogP contribution is 2.45. The van der Waals surface area contributed by atoms with E-state index in [-0.39, 0.29) is 11.5 Å². The quantitative estimate of drug-likeness (QED) is 0.271. The Kier molecular flexibility index (Phi) is 9.18. The Morgan fingerprint density at radius 3 is 2.49 bits per heavy atom. The van der Waals surface area contributed by atoms with Crippen LogP contribution in [-0.4, -0.2) is 46.0 Å². The number of benzene rings is 2. The minimum Gasteiger partial charge on any atom is -0.493 e. The normalized spacial score (nSPS) is 17.1. The number of hydrazine groups is 1. The Morgan fingerprint density at radius 2 is 1.86 bits per heavy atom. The van der Waals surface area contributed by atoms with E-state index in [0.717, 1.165) is 68.4 Å². The highest BCUT2D eigenvalue weighted by Gasteiger charge is 2.30. The maximum atomic E-state index is 14.8. The van der Waals surface area contributed by atoms with Crippen LogP contribution in [0.4, 0.5) is 4.39 Å². The molecule has 2 aliphatic rings. The van der Waals surface area contributed by atoms with Crippen molar-refractivity contribution in [3.8, 4) is 5.75 Å². The van der Waals surface area contributed by atoms with Crippen LogP contribution in [-0.2, 0) is 6.54 Å². The van der Waals surface area contributed by atoms with Crippen LogP contribution in [0.15, 0.2) is 30.3 Å². The molecule has 2 aromatic rings. The van der Waals surface area contributed by atoms with Crippen LogP contribution >= 0.6 is 35.1 Å². The number of nitrogens with one attached hydrogen (secondary N) is 1. The van der Waals surface area contributed by atoms with E-state index in [0.29, 0.717) is 38.6 Å². The molecule has 0 aromatic heterocycles. The molecule has 1 aliphatic heterocycles. The summed E-state index contributed by atoms with van der Waals surface area (Å²) in [5.41, 5.74) is 4.14. The third-order valence-corrected chi connectivity index (χ3v) is 7.35. The number of amides is 1. The van der Waals surface area contributed by atoms with Gasteiger partial charge < -0.3 is 4.74 Å². The topological polar surface area (TPSA) is 65.0 Å². The molecule has 4 rings (SSSR count). The molecule has 2 N–H and O–H groups in total. The Hall–Kier alpha value is -1.55. The second-order valence-electron chi connectivity index (χ2n) is 9.08. The summed E-state index contributed by atoms with van der Waals surface area (Å²) in [6, 6.07) is 8.51. The molecule has 1 heterocycles. The predicted molar refractivity (Wildman–Crippen MR) is 138 cm³/mol. The molecule has 0 atom stereocenters. The molecule has 190 valence electrons. The average Bonchev–Trinajstić information content (AvgIpc) is 3.63. The van der Waals surface area contributed by atoms with Crippen molar-refractivity contribution in [1.29, 1.82) is 0 Å². The number of carbonyl (C=O) groups is 1. The first kappa shape index (κ1) is 26.5. The van der Waals surface area contributed by atoms with Crippen LogP contribution in [0.1, 0.15) is 60.0 Å². The molecule has 10 heteroatoms. The van der Waals surface area contributed by atoms with E-state index < -0.39 is 11.7 Å². The summed E-state index contributed by atoms with van der Waals surface area (Å²) >= 11 is 13.2. The van der Waals surface area contributed by atoms with E-state index in [2.05, 4.69) is 10.3 Å². The fraction of sp³-hybridized carbons (Fsp3) is 0.480. The number of carbonyl (C=O) groups excluding carboxylic acids is 1. The number of ether oxygens (including phenoxy) is 1. The lowest BCUT2D eigenvalue weighted by Gasteiger charge is -2.32. The first-order valence-corrected chi connectivity index (χ1v) is 13.6. The van der Waals surface area contributed by atoms with Crippen LogP contribution < -0.4 is 10.2 Å². The lowest BCUT2D eigenvalue weighted by atomic mass is 9.97. The standard InChI is InChI=1S/C25H30Cl2FN3O3S/c1-2-35-31(33)29-25(32)22-12-21(18-3-4-18)24(13-23(22)28)34-15-16-5-7-30(8-6-16)14-17-9-19(26)11-20(27)10-17/h9-13,16,18,33H,2-8,14-15H2,1H3,(H,29,32). The number of hydrogen-bond donors (Lipinski definition) is 2. The summed E-state index contributed by atoms with van der Waals surface area (Å²) < 4.78 is 21.5. The van der Waals surface area contributed by atoms with Gasteiger partial charge in [-0.1, -0.05) is 30.1 Å². The van der Waals surface area contributed by atoms with Crippen LogP contribution in [0.3, 0.4) is 0 Å². The van der Waals surface area contributed by atoms with Crippen LogP contribution in [0.2, 0.25) is 10.0 Å². The van der Waals surface area contributed by atoms with Crippen LogP contribution in [0.5, 0.6) is 5.75 Å². The van der Waals surface area contributed by atoms with Crippen molar-refractivity contribution >= 4 is 41.1 Å². The zero-order valence-electron chi connectivity index (χ0n) is 19.6. The minimum atomic E-state index is -0.687. The number of rotatable bonds is 10. The Labute approximate surface area is 219 Å². The highest BCUT2D eigenvalue weighted by atomic mass is 35.5. The van der Waals surface area contributed by atoms with Crippen LogP contribution in [0.25, 0.3) is 0 Å². The summed E-state index contributed by atoms with van der Waals surface area (Å²) in [6.45, 7) is 5.02. The molecule has 0 spiro atoms. The molecule has 35 heavy (non-hydrogen) atoms. The van der Waals surface area contributed by atoms with Gasteiger partial charge in [0.25, 0.3) is 5.91 Å². The summed E-state index contributed by atoms with van der Waals surface area (Å²) in [6.07, 6.45) is 3.95. The first-order valence-electron chi connectivity index (χ1n) is 11.9. The van der Waals surface area contributed by atoms with Crippen molar-refractivity contribution in [2.75, 3.05) is 25.4 Å². The first-order chi connectivity index (χ1) is 16.8. The molecule has 1 aliphatic carbocycles. The lowest BCUT2D eigenvalue weighted by Crippen LogP contribution is -2.36. The van der Waals surface area contributed by atoms with E-state index in [1.165, 1.54) is 6.07 Å². The predicted octanol–water partition coefficient (Wildman–Crippen LogP) is 6.31. The fourth-order valence-electron chi connectivity index (χ4n) is 4.37. The SMILES string of the molecule is CCSN(O)NC(=O)c1cc(C2CC2)c(OCC2CCN(Cc3cc(Cl)cc(Cl)c3)CC2)cc1F. The monoisotopic (exact) mass is 541 g/mol. The highest BCUT2D eigenvalue weighted by molar-refractivity contribution is 7.96. The average molecular weight is 543 g/mol. The van der Waals surface area contributed by atoms with Gasteiger partial charge in [0, 0.05) is 28.4 Å². The summed E-state index contributed by atoms with van der Waals surface area (Å²) in [4.78, 5) is 14.8. The van der Waals surface area contributed by atoms with Gasteiger partial charge in [-0.2, -0.15) is 0 Å². The van der Waals surface area contributed by atoms with Crippen molar-refractivity contribution < 1.29 is 19.1 Å². The second kappa shape index (κ2) is 12.1. The van der Waals surface area contributed by atoms with Crippen molar-refractivity contribution in [3.05, 3.63) is 62.9 Å². The third kappa shape index (κ3) is 7.47.